The summed E-state index contributed by atoms with van der Waals surface area (Å²) in [6.07, 6.45) is 0.683. The van der Waals surface area contributed by atoms with Crippen molar-refractivity contribution in [3.63, 3.8) is 0 Å². The van der Waals surface area contributed by atoms with E-state index < -0.39 is 37.3 Å². The molecule has 0 heterocycles. The molecule has 10 heteroatoms. The molecule has 1 unspecified atom stereocenters. The maximum atomic E-state index is 10.7. The minimum absolute atomic E-state index is 0.683. The molecule has 88 valence electrons. The summed E-state index contributed by atoms with van der Waals surface area (Å²) in [4.78, 5) is 10.7. The largest absolute Gasteiger partial charge is 0.333 e. The van der Waals surface area contributed by atoms with Crippen LogP contribution in [0.5, 0.6) is 0 Å². The Morgan fingerprint density at radius 1 is 1.33 bits per heavy atom. The highest BCUT2D eigenvalue weighted by atomic mass is 32.2. The molecule has 1 amide bonds. The van der Waals surface area contributed by atoms with E-state index >= 15 is 0 Å². The summed E-state index contributed by atoms with van der Waals surface area (Å²) in [6.45, 7) is 2.99. The first kappa shape index (κ1) is 14.0. The zero-order valence-corrected chi connectivity index (χ0v) is 8.95. The van der Waals surface area contributed by atoms with Crippen molar-refractivity contribution in [1.82, 2.24) is 5.32 Å². The number of hydrogen-bond acceptors (Lipinski definition) is 5. The third-order valence-corrected chi connectivity index (χ3v) is 3.18. The highest BCUT2D eigenvalue weighted by Crippen LogP contribution is 1.99. The van der Waals surface area contributed by atoms with Crippen LogP contribution in [0.2, 0.25) is 0 Å². The van der Waals surface area contributed by atoms with Crippen LogP contribution in [0.25, 0.3) is 0 Å². The van der Waals surface area contributed by atoms with Crippen molar-refractivity contribution in [2.24, 2.45) is 0 Å². The molecule has 0 aliphatic heterocycles. The molecule has 0 aromatic rings. The Bertz CT molecular complexity index is 448. The van der Waals surface area contributed by atoms with Gasteiger partial charge in [0.2, 0.25) is 5.91 Å². The number of hydrogen-bond donors (Lipinski definition) is 3. The van der Waals surface area contributed by atoms with Crippen LogP contribution in [0.15, 0.2) is 12.7 Å². The van der Waals surface area contributed by atoms with Gasteiger partial charge in [-0.25, -0.2) is 0 Å². The molecule has 0 spiro atoms. The fraction of sp³-hybridized carbons (Fsp3) is 0.400. The molecule has 0 aromatic heterocycles. The van der Waals surface area contributed by atoms with Gasteiger partial charge in [-0.3, -0.25) is 13.9 Å². The predicted octanol–water partition coefficient (Wildman–Crippen LogP) is -1.61. The summed E-state index contributed by atoms with van der Waals surface area (Å²) in [6, 6.07) is 0. The van der Waals surface area contributed by atoms with E-state index in [4.69, 9.17) is 9.11 Å². The fourth-order valence-electron chi connectivity index (χ4n) is 0.611. The average molecular weight is 259 g/mol. The number of carbonyl (C=O) groups excluding carboxylic acids is 1. The summed E-state index contributed by atoms with van der Waals surface area (Å²) in [5, 5.41) is -0.498. The summed E-state index contributed by atoms with van der Waals surface area (Å²) in [5.74, 6) is -2.34. The van der Waals surface area contributed by atoms with Crippen molar-refractivity contribution in [1.29, 1.82) is 0 Å². The third kappa shape index (κ3) is 6.17. The van der Waals surface area contributed by atoms with E-state index in [0.29, 0.717) is 6.08 Å². The molecule has 0 saturated carbocycles. The molecule has 0 aliphatic rings. The lowest BCUT2D eigenvalue weighted by atomic mass is 10.5. The van der Waals surface area contributed by atoms with Crippen LogP contribution < -0.4 is 5.32 Å². The van der Waals surface area contributed by atoms with Crippen LogP contribution in [-0.2, 0) is 25.0 Å². The Morgan fingerprint density at radius 3 is 2.07 bits per heavy atom. The van der Waals surface area contributed by atoms with E-state index in [0.717, 1.165) is 0 Å². The van der Waals surface area contributed by atoms with Gasteiger partial charge >= 0.3 is 0 Å². The maximum absolute atomic E-state index is 10.7. The van der Waals surface area contributed by atoms with Gasteiger partial charge in [0, 0.05) is 0 Å². The highest BCUT2D eigenvalue weighted by Gasteiger charge is 2.29. The summed E-state index contributed by atoms with van der Waals surface area (Å²) < 4.78 is 58.8. The molecule has 0 radical (unpaired) electrons. The molecule has 3 N–H and O–H groups in total. The van der Waals surface area contributed by atoms with Gasteiger partial charge in [0.1, 0.15) is 5.75 Å². The monoisotopic (exact) mass is 259 g/mol. The Balaban J connectivity index is 4.93. The lowest BCUT2D eigenvalue weighted by Crippen LogP contribution is -2.44. The number of rotatable bonds is 5. The second kappa shape index (κ2) is 4.70. The van der Waals surface area contributed by atoms with Gasteiger partial charge in [0.05, 0.1) is 0 Å². The summed E-state index contributed by atoms with van der Waals surface area (Å²) in [7, 11) is -9.47. The van der Waals surface area contributed by atoms with E-state index in [1.54, 1.807) is 5.32 Å². The van der Waals surface area contributed by atoms with Crippen LogP contribution in [0, 0.1) is 0 Å². The average Bonchev–Trinajstić information content (AvgIpc) is 1.98. The van der Waals surface area contributed by atoms with E-state index in [2.05, 4.69) is 6.58 Å². The lowest BCUT2D eigenvalue weighted by Gasteiger charge is -2.12. The molecule has 0 rings (SSSR count). The van der Waals surface area contributed by atoms with E-state index in [1.807, 2.05) is 0 Å². The van der Waals surface area contributed by atoms with Crippen molar-refractivity contribution in [2.45, 2.75) is 5.37 Å². The molecule has 0 fully saturated rings. The van der Waals surface area contributed by atoms with Crippen LogP contribution in [0.1, 0.15) is 0 Å². The van der Waals surface area contributed by atoms with Crippen molar-refractivity contribution in [3.05, 3.63) is 12.7 Å². The zero-order chi connectivity index (χ0) is 12.3. The highest BCUT2D eigenvalue weighted by molar-refractivity contribution is 7.90. The van der Waals surface area contributed by atoms with Crippen LogP contribution >= 0.6 is 0 Å². The SMILES string of the molecule is C=CC(=O)NC(CS(=O)(=O)O)S(=O)(=O)O. The van der Waals surface area contributed by atoms with Crippen molar-refractivity contribution < 1.29 is 30.7 Å². The normalized spacial score (nSPS) is 14.3. The second-order valence-electron chi connectivity index (χ2n) is 2.46. The topological polar surface area (TPSA) is 138 Å². The van der Waals surface area contributed by atoms with Gasteiger partial charge in [-0.2, -0.15) is 16.8 Å². The first-order valence-corrected chi connectivity index (χ1v) is 6.52. The Kier molecular flexibility index (Phi) is 4.40. The fourth-order valence-corrected chi connectivity index (χ4v) is 2.55. The number of amides is 1. The van der Waals surface area contributed by atoms with Gasteiger partial charge in [-0.15, -0.1) is 0 Å². The molecule has 0 bridgehead atoms. The number of carbonyl (C=O) groups is 1. The van der Waals surface area contributed by atoms with E-state index in [9.17, 15) is 21.6 Å². The molecule has 0 aliphatic carbocycles. The standard InChI is InChI=1S/C5H9NO7S2/c1-2-4(7)6-5(15(11,12)13)3-14(8,9)10/h2,5H,1,3H2,(H,6,7)(H,8,9,10)(H,11,12,13). The van der Waals surface area contributed by atoms with Crippen LogP contribution in [-0.4, -0.2) is 43.0 Å². The minimum Gasteiger partial charge on any atom is -0.333 e. The first-order valence-electron chi connectivity index (χ1n) is 3.40. The molecule has 0 saturated heterocycles. The maximum Gasteiger partial charge on any atom is 0.287 e. The van der Waals surface area contributed by atoms with Crippen molar-refractivity contribution in [3.8, 4) is 0 Å². The Morgan fingerprint density at radius 2 is 1.80 bits per heavy atom. The van der Waals surface area contributed by atoms with Gasteiger partial charge in [0.25, 0.3) is 20.2 Å². The molecule has 15 heavy (non-hydrogen) atoms. The van der Waals surface area contributed by atoms with Gasteiger partial charge in [0.15, 0.2) is 5.37 Å². The zero-order valence-electron chi connectivity index (χ0n) is 7.32. The van der Waals surface area contributed by atoms with Crippen LogP contribution in [0.4, 0.5) is 0 Å². The molecule has 0 aromatic carbocycles. The molecule has 1 atom stereocenters. The van der Waals surface area contributed by atoms with E-state index in [1.165, 1.54) is 0 Å². The van der Waals surface area contributed by atoms with Gasteiger partial charge < -0.3 is 5.32 Å². The Hall–Kier alpha value is -0.970. The summed E-state index contributed by atoms with van der Waals surface area (Å²) in [5.41, 5.74) is 0. The van der Waals surface area contributed by atoms with Gasteiger partial charge in [-0.1, -0.05) is 6.58 Å². The first-order chi connectivity index (χ1) is 6.56. The Labute approximate surface area is 86.5 Å². The van der Waals surface area contributed by atoms with E-state index in [-0.39, 0.29) is 0 Å². The van der Waals surface area contributed by atoms with Crippen molar-refractivity contribution >= 4 is 26.1 Å². The second-order valence-corrected chi connectivity index (χ2v) is 5.56. The van der Waals surface area contributed by atoms with Gasteiger partial charge in [-0.05, 0) is 6.08 Å². The van der Waals surface area contributed by atoms with Crippen LogP contribution in [0.3, 0.4) is 0 Å². The quantitative estimate of drug-likeness (QED) is 0.399. The third-order valence-electron chi connectivity index (χ3n) is 1.21. The minimum atomic E-state index is -4.82. The predicted molar refractivity (Wildman–Crippen MR) is 50.1 cm³/mol. The molecular weight excluding hydrogens is 250 g/mol. The van der Waals surface area contributed by atoms with Crippen molar-refractivity contribution in [2.75, 3.05) is 5.75 Å². The summed E-state index contributed by atoms with van der Waals surface area (Å²) >= 11 is 0. The smallest absolute Gasteiger partial charge is 0.287 e. The molecule has 8 nitrogen and oxygen atoms in total. The lowest BCUT2D eigenvalue weighted by molar-refractivity contribution is -0.116. The molecular formula is C5H9NO7S2. The number of nitrogens with one attached hydrogen (secondary N) is 1.